The first-order valence-corrected chi connectivity index (χ1v) is 4.37. The summed E-state index contributed by atoms with van der Waals surface area (Å²) in [5.74, 6) is 0. The minimum atomic E-state index is 0.924. The van der Waals surface area contributed by atoms with Gasteiger partial charge < -0.3 is 0 Å². The van der Waals surface area contributed by atoms with Crippen LogP contribution in [0.5, 0.6) is 0 Å². The van der Waals surface area contributed by atoms with Crippen molar-refractivity contribution >= 4 is 0 Å². The number of rotatable bonds is 6. The fourth-order valence-corrected chi connectivity index (χ4v) is 1.04. The number of hydrogen-bond acceptors (Lipinski definition) is 0. The molecule has 0 fully saturated rings. The lowest BCUT2D eigenvalue weighted by atomic mass is 10.1. The number of hydrogen-bond donors (Lipinski definition) is 0. The average Bonchev–Trinajstić information content (AvgIpc) is 1.99. The average molecular weight is 151 g/mol. The molecule has 0 heteroatoms. The van der Waals surface area contributed by atoms with E-state index in [1.165, 1.54) is 24.8 Å². The zero-order valence-corrected chi connectivity index (χ0v) is 7.60. The highest BCUT2D eigenvalue weighted by Crippen LogP contribution is 2.08. The largest absolute Gasteiger partial charge is 0.103 e. The zero-order valence-electron chi connectivity index (χ0n) is 7.60. The van der Waals surface area contributed by atoms with Crippen molar-refractivity contribution in [1.82, 2.24) is 0 Å². The van der Waals surface area contributed by atoms with Gasteiger partial charge in [0, 0.05) is 0 Å². The molecule has 0 bridgehead atoms. The van der Waals surface area contributed by atoms with Gasteiger partial charge in [-0.05, 0) is 46.0 Å². The molecular formula is C11H19. The van der Waals surface area contributed by atoms with E-state index in [1.807, 2.05) is 6.08 Å². The van der Waals surface area contributed by atoms with E-state index >= 15 is 0 Å². The van der Waals surface area contributed by atoms with Gasteiger partial charge in [0.05, 0.1) is 0 Å². The summed E-state index contributed by atoms with van der Waals surface area (Å²) >= 11 is 0. The molecule has 0 amide bonds. The Morgan fingerprint density at radius 2 is 2.09 bits per heavy atom. The molecule has 11 heavy (non-hydrogen) atoms. The molecule has 0 unspecified atom stereocenters. The predicted octanol–water partition coefficient (Wildman–Crippen LogP) is 3.90. The Balaban J connectivity index is 3.23. The van der Waals surface area contributed by atoms with E-state index in [4.69, 9.17) is 0 Å². The van der Waals surface area contributed by atoms with E-state index in [1.54, 1.807) is 0 Å². The Kier molecular flexibility index (Phi) is 7.23. The summed E-state index contributed by atoms with van der Waals surface area (Å²) in [5, 5.41) is 0. The van der Waals surface area contributed by atoms with Crippen molar-refractivity contribution in [3.63, 3.8) is 0 Å². The van der Waals surface area contributed by atoms with E-state index < -0.39 is 0 Å². The van der Waals surface area contributed by atoms with Gasteiger partial charge in [-0.25, -0.2) is 0 Å². The molecule has 0 aliphatic heterocycles. The Bertz CT molecular complexity index is 120. The van der Waals surface area contributed by atoms with E-state index in [0.29, 0.717) is 0 Å². The van der Waals surface area contributed by atoms with Crippen molar-refractivity contribution < 1.29 is 0 Å². The second kappa shape index (κ2) is 7.59. The van der Waals surface area contributed by atoms with Crippen LogP contribution < -0.4 is 0 Å². The van der Waals surface area contributed by atoms with Crippen molar-refractivity contribution in [3.05, 3.63) is 31.2 Å². The van der Waals surface area contributed by atoms with Crippen LogP contribution in [0.1, 0.15) is 39.0 Å². The Hall–Kier alpha value is -0.520. The third-order valence-electron chi connectivity index (χ3n) is 1.72. The SMILES string of the molecule is [CH2]CC=C(C)CCCCC=C. The molecular weight excluding hydrogens is 132 g/mol. The number of unbranched alkanes of at least 4 members (excludes halogenated alkanes) is 2. The Labute approximate surface area is 71.0 Å². The third-order valence-corrected chi connectivity index (χ3v) is 1.72. The Morgan fingerprint density at radius 1 is 1.36 bits per heavy atom. The molecule has 0 rings (SSSR count). The third kappa shape index (κ3) is 7.38. The monoisotopic (exact) mass is 151 g/mol. The van der Waals surface area contributed by atoms with Crippen molar-refractivity contribution in [1.29, 1.82) is 0 Å². The lowest BCUT2D eigenvalue weighted by Crippen LogP contribution is -1.78. The molecule has 1 radical (unpaired) electrons. The number of allylic oxidation sites excluding steroid dienone is 3. The molecule has 0 aliphatic carbocycles. The van der Waals surface area contributed by atoms with Gasteiger partial charge >= 0.3 is 0 Å². The van der Waals surface area contributed by atoms with E-state index in [9.17, 15) is 0 Å². The summed E-state index contributed by atoms with van der Waals surface area (Å²) in [6.07, 6.45) is 10.0. The predicted molar refractivity (Wildman–Crippen MR) is 52.4 cm³/mol. The summed E-state index contributed by atoms with van der Waals surface area (Å²) in [5.41, 5.74) is 1.48. The van der Waals surface area contributed by atoms with Crippen LogP contribution >= 0.6 is 0 Å². The van der Waals surface area contributed by atoms with E-state index in [2.05, 4.69) is 26.5 Å². The molecule has 0 aromatic rings. The lowest BCUT2D eigenvalue weighted by Gasteiger charge is -1.98. The second-order valence-corrected chi connectivity index (χ2v) is 2.87. The highest BCUT2D eigenvalue weighted by atomic mass is 13.9. The van der Waals surface area contributed by atoms with E-state index in [-0.39, 0.29) is 0 Å². The maximum absolute atomic E-state index is 3.78. The first-order chi connectivity index (χ1) is 5.31. The van der Waals surface area contributed by atoms with Crippen LogP contribution in [0.4, 0.5) is 0 Å². The van der Waals surface area contributed by atoms with Crippen LogP contribution in [0, 0.1) is 6.92 Å². The summed E-state index contributed by atoms with van der Waals surface area (Å²) in [4.78, 5) is 0. The molecule has 0 N–H and O–H groups in total. The summed E-state index contributed by atoms with van der Waals surface area (Å²) in [6, 6.07) is 0. The minimum Gasteiger partial charge on any atom is -0.103 e. The quantitative estimate of drug-likeness (QED) is 0.399. The van der Waals surface area contributed by atoms with Crippen molar-refractivity contribution in [3.8, 4) is 0 Å². The maximum atomic E-state index is 3.78. The van der Waals surface area contributed by atoms with Gasteiger partial charge in [-0.3, -0.25) is 0 Å². The van der Waals surface area contributed by atoms with Crippen LogP contribution in [0.15, 0.2) is 24.3 Å². The van der Waals surface area contributed by atoms with Crippen LogP contribution in [0.25, 0.3) is 0 Å². The van der Waals surface area contributed by atoms with Gasteiger partial charge in [-0.15, -0.1) is 6.58 Å². The highest BCUT2D eigenvalue weighted by Gasteiger charge is 1.88. The van der Waals surface area contributed by atoms with Gasteiger partial charge in [-0.1, -0.05) is 17.7 Å². The highest BCUT2D eigenvalue weighted by molar-refractivity contribution is 4.97. The lowest BCUT2D eigenvalue weighted by molar-refractivity contribution is 0.741. The van der Waals surface area contributed by atoms with Gasteiger partial charge in [0.1, 0.15) is 0 Å². The molecule has 0 spiro atoms. The van der Waals surface area contributed by atoms with E-state index in [0.717, 1.165) is 12.8 Å². The molecule has 0 aliphatic rings. The van der Waals surface area contributed by atoms with Gasteiger partial charge in [0.25, 0.3) is 0 Å². The fourth-order valence-electron chi connectivity index (χ4n) is 1.04. The molecule has 0 aromatic heterocycles. The molecule has 0 saturated carbocycles. The zero-order chi connectivity index (χ0) is 8.53. The van der Waals surface area contributed by atoms with Crippen molar-refractivity contribution in [2.45, 2.75) is 39.0 Å². The first-order valence-electron chi connectivity index (χ1n) is 4.37. The van der Waals surface area contributed by atoms with Crippen LogP contribution in [-0.2, 0) is 0 Å². The summed E-state index contributed by atoms with van der Waals surface area (Å²) < 4.78 is 0. The standard InChI is InChI=1S/C11H19/c1-4-6-7-8-10-11(3)9-5-2/h4,9H,1-2,5-8,10H2,3H3. The maximum Gasteiger partial charge on any atom is -0.0323 e. The van der Waals surface area contributed by atoms with Gasteiger partial charge in [0.15, 0.2) is 0 Å². The summed E-state index contributed by atoms with van der Waals surface area (Å²) in [6.45, 7) is 9.65. The molecule has 0 aromatic carbocycles. The Morgan fingerprint density at radius 3 is 2.64 bits per heavy atom. The molecule has 0 nitrogen and oxygen atoms in total. The van der Waals surface area contributed by atoms with Crippen LogP contribution in [-0.4, -0.2) is 0 Å². The minimum absolute atomic E-state index is 0.924. The normalized spacial score (nSPS) is 11.6. The molecule has 0 atom stereocenters. The summed E-state index contributed by atoms with van der Waals surface area (Å²) in [7, 11) is 0. The molecule has 0 heterocycles. The molecule has 63 valence electrons. The van der Waals surface area contributed by atoms with Crippen LogP contribution in [0.2, 0.25) is 0 Å². The van der Waals surface area contributed by atoms with Crippen LogP contribution in [0.3, 0.4) is 0 Å². The van der Waals surface area contributed by atoms with Gasteiger partial charge in [0.2, 0.25) is 0 Å². The first kappa shape index (κ1) is 10.5. The van der Waals surface area contributed by atoms with Gasteiger partial charge in [-0.2, -0.15) is 0 Å². The van der Waals surface area contributed by atoms with Crippen molar-refractivity contribution in [2.75, 3.05) is 0 Å². The smallest absolute Gasteiger partial charge is 0.0323 e. The van der Waals surface area contributed by atoms with Crippen molar-refractivity contribution in [2.24, 2.45) is 0 Å². The molecule has 0 saturated heterocycles. The topological polar surface area (TPSA) is 0 Å². The second-order valence-electron chi connectivity index (χ2n) is 2.87. The fraction of sp³-hybridized carbons (Fsp3) is 0.545.